The molecule has 0 bridgehead atoms. The Bertz CT molecular complexity index is 1730. The molecule has 0 spiro atoms. The predicted molar refractivity (Wildman–Crippen MR) is 129 cm³/mol. The topological polar surface area (TPSA) is 151 Å². The number of methoxy groups -OCH3 is 1. The summed E-state index contributed by atoms with van der Waals surface area (Å²) in [5, 5.41) is 7.28. The molecule has 4 aromatic rings. The van der Waals surface area contributed by atoms with E-state index < -0.39 is 27.7 Å². The number of rotatable bonds is 5. The van der Waals surface area contributed by atoms with Crippen LogP contribution in [0, 0.1) is 0 Å². The predicted octanol–water partition coefficient (Wildman–Crippen LogP) is 1.50. The molecule has 0 atom stereocenters. The molecule has 0 fully saturated rings. The minimum absolute atomic E-state index is 0.0161. The summed E-state index contributed by atoms with van der Waals surface area (Å²) in [7, 11) is -0.424. The molecule has 17 heteroatoms. The molecule has 0 radical (unpaired) electrons. The molecule has 204 valence electrons. The van der Waals surface area contributed by atoms with Crippen molar-refractivity contribution in [3.63, 3.8) is 0 Å². The number of hydrogen-bond acceptors (Lipinski definition) is 10. The van der Waals surface area contributed by atoms with Crippen LogP contribution >= 0.6 is 0 Å². The fraction of sp³-hybridized carbons (Fsp3) is 0.318. The molecular weight excluding hydrogens is 543 g/mol. The van der Waals surface area contributed by atoms with Gasteiger partial charge in [0.25, 0.3) is 0 Å². The summed E-state index contributed by atoms with van der Waals surface area (Å²) >= 11 is 0. The third kappa shape index (κ3) is 4.68. The summed E-state index contributed by atoms with van der Waals surface area (Å²) in [6.45, 7) is -0.252. The van der Waals surface area contributed by atoms with E-state index in [9.17, 15) is 26.4 Å². The number of halogens is 3. The molecule has 0 N–H and O–H groups in total. The lowest BCUT2D eigenvalue weighted by Gasteiger charge is -2.27. The summed E-state index contributed by atoms with van der Waals surface area (Å²) in [5.74, 6) is -1.19. The van der Waals surface area contributed by atoms with Gasteiger partial charge in [-0.05, 0) is 6.08 Å². The number of ether oxygens (including phenoxy) is 1. The van der Waals surface area contributed by atoms with Crippen molar-refractivity contribution in [1.82, 2.24) is 44.2 Å². The summed E-state index contributed by atoms with van der Waals surface area (Å²) in [6, 6.07) is 0. The molecular formula is C22H20F3N9O4S. The minimum atomic E-state index is -4.65. The Labute approximate surface area is 218 Å². The quantitative estimate of drug-likeness (QED) is 0.327. The number of aryl methyl sites for hydroxylation is 1. The summed E-state index contributed by atoms with van der Waals surface area (Å²) < 4.78 is 71.2. The van der Waals surface area contributed by atoms with Crippen molar-refractivity contribution in [2.45, 2.75) is 24.2 Å². The molecule has 1 aliphatic heterocycles. The Hall–Kier alpha value is -4.41. The van der Waals surface area contributed by atoms with Crippen molar-refractivity contribution in [2.75, 3.05) is 19.9 Å². The van der Waals surface area contributed by atoms with E-state index in [4.69, 9.17) is 4.74 Å². The third-order valence-corrected chi connectivity index (χ3v) is 7.21. The molecule has 1 aliphatic rings. The summed E-state index contributed by atoms with van der Waals surface area (Å²) in [5.41, 5.74) is 1.26. The van der Waals surface area contributed by atoms with Gasteiger partial charge in [-0.25, -0.2) is 28.4 Å². The van der Waals surface area contributed by atoms with Gasteiger partial charge in [-0.2, -0.15) is 13.2 Å². The molecule has 4 aromatic heterocycles. The Morgan fingerprint density at radius 3 is 2.46 bits per heavy atom. The van der Waals surface area contributed by atoms with Gasteiger partial charge in [0.15, 0.2) is 21.5 Å². The standard InChI is InChI=1S/C22H20F3N9O4S/c1-32-17(18-26-8-12(9-27-18)39(3,36)37)13(16-19(32)28-11-29-20(16)38-2)4-5-15(35)33-6-7-34-14(10-33)30-31-21(34)22(23,24)25/h4-5,8-9,11H,6-7,10H2,1-3H3/b5-4+. The van der Waals surface area contributed by atoms with Gasteiger partial charge in [-0.15, -0.1) is 10.2 Å². The van der Waals surface area contributed by atoms with E-state index in [0.29, 0.717) is 22.3 Å². The first-order chi connectivity index (χ1) is 18.4. The molecule has 0 saturated carbocycles. The van der Waals surface area contributed by atoms with E-state index in [1.165, 1.54) is 42.9 Å². The van der Waals surface area contributed by atoms with Crippen molar-refractivity contribution < 1.29 is 31.1 Å². The first-order valence-electron chi connectivity index (χ1n) is 11.3. The highest BCUT2D eigenvalue weighted by atomic mass is 32.2. The van der Waals surface area contributed by atoms with Gasteiger partial charge in [0, 0.05) is 50.4 Å². The number of carbonyl (C=O) groups excluding carboxylic acids is 1. The van der Waals surface area contributed by atoms with Gasteiger partial charge in [-0.3, -0.25) is 4.79 Å². The summed E-state index contributed by atoms with van der Waals surface area (Å²) in [6.07, 6.45) is 2.79. The zero-order chi connectivity index (χ0) is 28.1. The Kier molecular flexibility index (Phi) is 6.32. The first-order valence-corrected chi connectivity index (χ1v) is 13.2. The normalized spacial score (nSPS) is 14.3. The third-order valence-electron chi connectivity index (χ3n) is 6.14. The molecule has 5 rings (SSSR count). The highest BCUT2D eigenvalue weighted by Crippen LogP contribution is 2.36. The lowest BCUT2D eigenvalue weighted by molar-refractivity contribution is -0.148. The van der Waals surface area contributed by atoms with Gasteiger partial charge >= 0.3 is 6.18 Å². The second-order valence-corrected chi connectivity index (χ2v) is 10.6. The highest BCUT2D eigenvalue weighted by molar-refractivity contribution is 7.90. The number of amides is 1. The molecule has 0 aromatic carbocycles. The molecule has 0 saturated heterocycles. The number of carbonyl (C=O) groups is 1. The number of alkyl halides is 3. The molecule has 5 heterocycles. The van der Waals surface area contributed by atoms with Crippen LogP contribution in [0.25, 0.3) is 28.6 Å². The zero-order valence-corrected chi connectivity index (χ0v) is 21.5. The van der Waals surface area contributed by atoms with Crippen molar-refractivity contribution in [1.29, 1.82) is 0 Å². The van der Waals surface area contributed by atoms with Crippen molar-refractivity contribution in [3.05, 3.63) is 42.0 Å². The summed E-state index contributed by atoms with van der Waals surface area (Å²) in [4.78, 5) is 31.2. The number of aromatic nitrogens is 8. The van der Waals surface area contributed by atoms with E-state index >= 15 is 0 Å². The van der Waals surface area contributed by atoms with Crippen molar-refractivity contribution in [3.8, 4) is 17.4 Å². The Morgan fingerprint density at radius 1 is 1.10 bits per heavy atom. The number of nitrogens with zero attached hydrogens (tertiary/aromatic N) is 9. The van der Waals surface area contributed by atoms with Gasteiger partial charge in [0.2, 0.25) is 17.6 Å². The van der Waals surface area contributed by atoms with Crippen LogP contribution in [0.15, 0.2) is 29.7 Å². The molecule has 0 unspecified atom stereocenters. The van der Waals surface area contributed by atoms with Gasteiger partial charge < -0.3 is 18.8 Å². The molecule has 1 amide bonds. The van der Waals surface area contributed by atoms with Crippen LogP contribution < -0.4 is 4.74 Å². The number of sulfone groups is 1. The molecule has 39 heavy (non-hydrogen) atoms. The molecule has 13 nitrogen and oxygen atoms in total. The van der Waals surface area contributed by atoms with Gasteiger partial charge in [-0.1, -0.05) is 0 Å². The van der Waals surface area contributed by atoms with Crippen LogP contribution in [0.2, 0.25) is 0 Å². The minimum Gasteiger partial charge on any atom is -0.480 e. The van der Waals surface area contributed by atoms with Crippen molar-refractivity contribution in [2.24, 2.45) is 7.05 Å². The fourth-order valence-corrected chi connectivity index (χ4v) is 4.78. The Balaban J connectivity index is 1.53. The van der Waals surface area contributed by atoms with Crippen LogP contribution in [0.1, 0.15) is 17.2 Å². The van der Waals surface area contributed by atoms with Gasteiger partial charge in [0.1, 0.15) is 16.9 Å². The van der Waals surface area contributed by atoms with Gasteiger partial charge in [0.05, 0.1) is 24.7 Å². The second kappa shape index (κ2) is 9.40. The van der Waals surface area contributed by atoms with Crippen LogP contribution in [-0.2, 0) is 40.9 Å². The second-order valence-electron chi connectivity index (χ2n) is 8.60. The molecule has 0 aliphatic carbocycles. The average Bonchev–Trinajstić information content (AvgIpc) is 3.45. The maximum atomic E-state index is 13.1. The van der Waals surface area contributed by atoms with Crippen LogP contribution in [-0.4, -0.2) is 78.4 Å². The van der Waals surface area contributed by atoms with Crippen LogP contribution in [0.5, 0.6) is 5.88 Å². The smallest absolute Gasteiger partial charge is 0.451 e. The maximum absolute atomic E-state index is 13.1. The number of hydrogen-bond donors (Lipinski definition) is 0. The van der Waals surface area contributed by atoms with Crippen LogP contribution in [0.3, 0.4) is 0 Å². The fourth-order valence-electron chi connectivity index (χ4n) is 4.29. The van der Waals surface area contributed by atoms with E-state index in [-0.39, 0.29) is 42.1 Å². The SMILES string of the molecule is COc1ncnc2c1c(/C=C/C(=O)N1CCn3c(nnc3C(F)(F)F)C1)c(-c1ncc(S(C)(=O)=O)cn1)n2C. The zero-order valence-electron chi connectivity index (χ0n) is 20.7. The number of fused-ring (bicyclic) bond motifs is 2. The van der Waals surface area contributed by atoms with E-state index in [0.717, 1.165) is 10.8 Å². The lowest BCUT2D eigenvalue weighted by Crippen LogP contribution is -2.38. The van der Waals surface area contributed by atoms with E-state index in [1.54, 1.807) is 11.6 Å². The highest BCUT2D eigenvalue weighted by Gasteiger charge is 2.39. The maximum Gasteiger partial charge on any atom is 0.451 e. The van der Waals surface area contributed by atoms with Crippen LogP contribution in [0.4, 0.5) is 13.2 Å². The van der Waals surface area contributed by atoms with Crippen molar-refractivity contribution >= 4 is 32.9 Å². The average molecular weight is 564 g/mol. The van der Waals surface area contributed by atoms with E-state index in [1.807, 2.05) is 0 Å². The first kappa shape index (κ1) is 26.2. The lowest BCUT2D eigenvalue weighted by atomic mass is 10.1. The largest absolute Gasteiger partial charge is 0.480 e. The monoisotopic (exact) mass is 563 g/mol. The Morgan fingerprint density at radius 2 is 1.82 bits per heavy atom. The van der Waals surface area contributed by atoms with E-state index in [2.05, 4.69) is 30.1 Å².